The van der Waals surface area contributed by atoms with E-state index >= 15 is 0 Å². The fraction of sp³-hybridized carbons (Fsp3) is 0.375. The van der Waals surface area contributed by atoms with E-state index in [4.69, 9.17) is 4.74 Å². The predicted molar refractivity (Wildman–Crippen MR) is 93.6 cm³/mol. The molecule has 9 nitrogen and oxygen atoms in total. The second kappa shape index (κ2) is 8.67. The number of ether oxygens (including phenoxy) is 1. The molecule has 1 unspecified atom stereocenters. The summed E-state index contributed by atoms with van der Waals surface area (Å²) in [4.78, 5) is 27.6. The molecule has 3 amide bonds. The molecule has 0 aliphatic carbocycles. The summed E-state index contributed by atoms with van der Waals surface area (Å²) in [5.41, 5.74) is 1.04. The molecule has 0 fully saturated rings. The lowest BCUT2D eigenvalue weighted by molar-refractivity contribution is -0.115. The molecule has 2 aromatic rings. The van der Waals surface area contributed by atoms with Gasteiger partial charge in [-0.15, -0.1) is 0 Å². The molecule has 1 aromatic carbocycles. The molecule has 1 heterocycles. The quantitative estimate of drug-likeness (QED) is 0.708. The van der Waals surface area contributed by atoms with Gasteiger partial charge in [0, 0.05) is 18.2 Å². The molecule has 0 bridgehead atoms. The van der Waals surface area contributed by atoms with Crippen molar-refractivity contribution in [3.05, 3.63) is 30.9 Å². The molecule has 0 spiro atoms. The Balaban J connectivity index is 1.97. The van der Waals surface area contributed by atoms with Crippen LogP contribution < -0.4 is 20.7 Å². The SMILES string of the molecule is CCC(=O)Nc1cc(NC(=O)NC(C)Cn2cncn2)ccc1OC. The van der Waals surface area contributed by atoms with Crippen LogP contribution in [0.3, 0.4) is 0 Å². The van der Waals surface area contributed by atoms with E-state index in [1.54, 1.807) is 36.1 Å². The van der Waals surface area contributed by atoms with Crippen molar-refractivity contribution in [1.29, 1.82) is 0 Å². The van der Waals surface area contributed by atoms with E-state index in [1.807, 2.05) is 6.92 Å². The van der Waals surface area contributed by atoms with Gasteiger partial charge in [-0.1, -0.05) is 6.92 Å². The number of nitrogens with one attached hydrogen (secondary N) is 3. The van der Waals surface area contributed by atoms with Crippen LogP contribution in [0.4, 0.5) is 16.2 Å². The number of nitrogens with zero attached hydrogens (tertiary/aromatic N) is 3. The summed E-state index contributed by atoms with van der Waals surface area (Å²) >= 11 is 0. The van der Waals surface area contributed by atoms with Gasteiger partial charge in [0.15, 0.2) is 0 Å². The van der Waals surface area contributed by atoms with Gasteiger partial charge >= 0.3 is 6.03 Å². The van der Waals surface area contributed by atoms with Gasteiger partial charge < -0.3 is 20.7 Å². The first-order valence-corrected chi connectivity index (χ1v) is 7.89. The third kappa shape index (κ3) is 5.48. The molecule has 25 heavy (non-hydrogen) atoms. The van der Waals surface area contributed by atoms with Crippen LogP contribution in [-0.4, -0.2) is 39.9 Å². The van der Waals surface area contributed by atoms with Gasteiger partial charge in [-0.2, -0.15) is 5.10 Å². The number of amides is 3. The second-order valence-electron chi connectivity index (χ2n) is 5.43. The molecule has 1 aromatic heterocycles. The number of benzene rings is 1. The lowest BCUT2D eigenvalue weighted by Gasteiger charge is -2.16. The van der Waals surface area contributed by atoms with Crippen molar-refractivity contribution in [3.63, 3.8) is 0 Å². The average molecular weight is 346 g/mol. The first-order valence-electron chi connectivity index (χ1n) is 7.89. The molecule has 2 rings (SSSR count). The van der Waals surface area contributed by atoms with Crippen molar-refractivity contribution in [2.24, 2.45) is 0 Å². The van der Waals surface area contributed by atoms with Gasteiger partial charge in [-0.3, -0.25) is 9.48 Å². The Kier molecular flexibility index (Phi) is 6.33. The zero-order chi connectivity index (χ0) is 18.2. The minimum absolute atomic E-state index is 0.138. The van der Waals surface area contributed by atoms with E-state index in [2.05, 4.69) is 26.0 Å². The maximum atomic E-state index is 12.1. The van der Waals surface area contributed by atoms with Crippen LogP contribution in [0.5, 0.6) is 5.75 Å². The number of carbonyl (C=O) groups excluding carboxylic acids is 2. The zero-order valence-electron chi connectivity index (χ0n) is 14.4. The maximum Gasteiger partial charge on any atom is 0.319 e. The number of anilines is 2. The Morgan fingerprint density at radius 2 is 2.12 bits per heavy atom. The van der Waals surface area contributed by atoms with E-state index in [0.717, 1.165) is 0 Å². The summed E-state index contributed by atoms with van der Waals surface area (Å²) in [7, 11) is 1.52. The van der Waals surface area contributed by atoms with Crippen molar-refractivity contribution >= 4 is 23.3 Å². The topological polar surface area (TPSA) is 110 Å². The summed E-state index contributed by atoms with van der Waals surface area (Å²) in [6, 6.07) is 4.53. The van der Waals surface area contributed by atoms with Gasteiger partial charge in [0.1, 0.15) is 18.4 Å². The molecular weight excluding hydrogens is 324 g/mol. The Labute approximate surface area is 145 Å². The molecule has 3 N–H and O–H groups in total. The fourth-order valence-corrected chi connectivity index (χ4v) is 2.17. The molecule has 0 saturated carbocycles. The molecule has 134 valence electrons. The number of methoxy groups -OCH3 is 1. The summed E-state index contributed by atoms with van der Waals surface area (Å²) in [6.07, 6.45) is 3.37. The van der Waals surface area contributed by atoms with Gasteiger partial charge in [0.25, 0.3) is 0 Å². The summed E-state index contributed by atoms with van der Waals surface area (Å²) in [6.45, 7) is 4.13. The Morgan fingerprint density at radius 3 is 2.76 bits per heavy atom. The third-order valence-corrected chi connectivity index (χ3v) is 3.36. The zero-order valence-corrected chi connectivity index (χ0v) is 14.4. The molecule has 1 atom stereocenters. The van der Waals surface area contributed by atoms with E-state index in [1.165, 1.54) is 13.4 Å². The monoisotopic (exact) mass is 346 g/mol. The van der Waals surface area contributed by atoms with E-state index in [0.29, 0.717) is 30.1 Å². The lowest BCUT2D eigenvalue weighted by atomic mass is 10.2. The summed E-state index contributed by atoms with van der Waals surface area (Å²) in [5.74, 6) is 0.383. The van der Waals surface area contributed by atoms with Crippen LogP contribution in [0.15, 0.2) is 30.9 Å². The van der Waals surface area contributed by atoms with Gasteiger partial charge in [-0.05, 0) is 25.1 Å². The van der Waals surface area contributed by atoms with Crippen LogP contribution in [0.25, 0.3) is 0 Å². The van der Waals surface area contributed by atoms with Crippen molar-refractivity contribution in [2.45, 2.75) is 32.9 Å². The van der Waals surface area contributed by atoms with Crippen LogP contribution >= 0.6 is 0 Å². The largest absolute Gasteiger partial charge is 0.495 e. The Hall–Kier alpha value is -3.10. The predicted octanol–water partition coefficient (Wildman–Crippen LogP) is 1.85. The Bertz CT molecular complexity index is 717. The normalized spacial score (nSPS) is 11.5. The van der Waals surface area contributed by atoms with Crippen LogP contribution in [0, 0.1) is 0 Å². The highest BCUT2D eigenvalue weighted by molar-refractivity contribution is 5.95. The van der Waals surface area contributed by atoms with Crippen LogP contribution in [-0.2, 0) is 11.3 Å². The number of aromatic nitrogens is 3. The van der Waals surface area contributed by atoms with Crippen LogP contribution in [0.1, 0.15) is 20.3 Å². The maximum absolute atomic E-state index is 12.1. The van der Waals surface area contributed by atoms with E-state index < -0.39 is 0 Å². The number of rotatable bonds is 7. The smallest absolute Gasteiger partial charge is 0.319 e. The highest BCUT2D eigenvalue weighted by Crippen LogP contribution is 2.28. The lowest BCUT2D eigenvalue weighted by Crippen LogP contribution is -2.38. The standard InChI is InChI=1S/C16H22N6O3/c1-4-15(23)21-13-7-12(5-6-14(13)25-3)20-16(24)19-11(2)8-22-10-17-9-18-22/h5-7,9-11H,4,8H2,1-3H3,(H,21,23)(H2,19,20,24). The summed E-state index contributed by atoms with van der Waals surface area (Å²) in [5, 5.41) is 12.3. The number of hydrogen-bond donors (Lipinski definition) is 3. The van der Waals surface area contributed by atoms with Gasteiger partial charge in [0.2, 0.25) is 5.91 Å². The minimum atomic E-state index is -0.356. The van der Waals surface area contributed by atoms with Crippen molar-refractivity contribution in [1.82, 2.24) is 20.1 Å². The second-order valence-corrected chi connectivity index (χ2v) is 5.43. The van der Waals surface area contributed by atoms with E-state index in [9.17, 15) is 9.59 Å². The number of urea groups is 1. The van der Waals surface area contributed by atoms with Crippen molar-refractivity contribution in [3.8, 4) is 5.75 Å². The molecule has 0 saturated heterocycles. The molecular formula is C16H22N6O3. The van der Waals surface area contributed by atoms with Crippen molar-refractivity contribution in [2.75, 3.05) is 17.7 Å². The highest BCUT2D eigenvalue weighted by Gasteiger charge is 2.11. The van der Waals surface area contributed by atoms with Crippen LogP contribution in [0.2, 0.25) is 0 Å². The first kappa shape index (κ1) is 18.2. The number of carbonyl (C=O) groups is 2. The molecule has 0 aliphatic rings. The fourth-order valence-electron chi connectivity index (χ4n) is 2.17. The highest BCUT2D eigenvalue weighted by atomic mass is 16.5. The average Bonchev–Trinajstić information content (AvgIpc) is 3.07. The van der Waals surface area contributed by atoms with E-state index in [-0.39, 0.29) is 18.0 Å². The Morgan fingerprint density at radius 1 is 1.32 bits per heavy atom. The molecule has 0 radical (unpaired) electrons. The van der Waals surface area contributed by atoms with Crippen molar-refractivity contribution < 1.29 is 14.3 Å². The third-order valence-electron chi connectivity index (χ3n) is 3.36. The van der Waals surface area contributed by atoms with Gasteiger partial charge in [-0.25, -0.2) is 9.78 Å². The molecule has 0 aliphatic heterocycles. The molecule has 9 heteroatoms. The van der Waals surface area contributed by atoms with Gasteiger partial charge in [0.05, 0.1) is 19.3 Å². The number of hydrogen-bond acceptors (Lipinski definition) is 5. The first-order chi connectivity index (χ1) is 12.0. The summed E-state index contributed by atoms with van der Waals surface area (Å²) < 4.78 is 6.85. The minimum Gasteiger partial charge on any atom is -0.495 e.